The molecule has 0 unspecified atom stereocenters. The van der Waals surface area contributed by atoms with Crippen molar-refractivity contribution in [3.63, 3.8) is 0 Å². The molecule has 0 aliphatic heterocycles. The highest BCUT2D eigenvalue weighted by Gasteiger charge is 2.15. The van der Waals surface area contributed by atoms with Crippen molar-refractivity contribution in [1.82, 2.24) is 20.5 Å². The molecule has 128 valence electrons. The number of rotatable bonds is 5. The second kappa shape index (κ2) is 7.53. The van der Waals surface area contributed by atoms with E-state index in [2.05, 4.69) is 31.1 Å². The fraction of sp³-hybridized carbons (Fsp3) is 0.333. The Hall–Kier alpha value is -2.97. The highest BCUT2D eigenvalue weighted by molar-refractivity contribution is 5.93. The number of carbonyl (C=O) groups excluding carboxylic acids is 2. The smallest absolute Gasteiger partial charge is 0.319 e. The number of anilines is 2. The summed E-state index contributed by atoms with van der Waals surface area (Å²) in [5.41, 5.74) is 0.357. The number of aromatic nitrogens is 3. The predicted octanol–water partition coefficient (Wildman–Crippen LogP) is 2.48. The summed E-state index contributed by atoms with van der Waals surface area (Å²) in [6.45, 7) is 5.16. The molecule has 1 aromatic carbocycles. The third-order valence-corrected chi connectivity index (χ3v) is 3.17. The fourth-order valence-electron chi connectivity index (χ4n) is 1.92. The first-order valence-corrected chi connectivity index (χ1v) is 7.45. The molecule has 1 aromatic heterocycles. The fourth-order valence-corrected chi connectivity index (χ4v) is 1.92. The third-order valence-electron chi connectivity index (χ3n) is 3.17. The summed E-state index contributed by atoms with van der Waals surface area (Å²) in [7, 11) is 0. The van der Waals surface area contributed by atoms with Gasteiger partial charge in [-0.05, 0) is 32.0 Å². The maximum atomic E-state index is 13.8. The van der Waals surface area contributed by atoms with Crippen molar-refractivity contribution in [2.75, 3.05) is 10.6 Å². The van der Waals surface area contributed by atoms with Crippen LogP contribution in [0.4, 0.5) is 20.6 Å². The minimum atomic E-state index is -0.610. The Bertz CT molecular complexity index is 745. The Morgan fingerprint density at radius 2 is 2.08 bits per heavy atom. The average molecular weight is 334 g/mol. The van der Waals surface area contributed by atoms with Crippen molar-refractivity contribution < 1.29 is 14.0 Å². The molecule has 0 radical (unpaired) electrons. The molecule has 2 aromatic rings. The van der Waals surface area contributed by atoms with Gasteiger partial charge in [-0.3, -0.25) is 9.89 Å². The Morgan fingerprint density at radius 1 is 1.33 bits per heavy atom. The van der Waals surface area contributed by atoms with Crippen LogP contribution in [0, 0.1) is 12.7 Å². The Kier molecular flexibility index (Phi) is 5.46. The van der Waals surface area contributed by atoms with Gasteiger partial charge in [0.15, 0.2) is 5.82 Å². The molecule has 0 spiro atoms. The van der Waals surface area contributed by atoms with Crippen LogP contribution in [0.5, 0.6) is 0 Å². The predicted molar refractivity (Wildman–Crippen MR) is 87.0 cm³/mol. The van der Waals surface area contributed by atoms with Crippen LogP contribution in [-0.4, -0.2) is 27.1 Å². The van der Waals surface area contributed by atoms with Gasteiger partial charge >= 0.3 is 6.03 Å². The molecular weight excluding hydrogens is 315 g/mol. The van der Waals surface area contributed by atoms with E-state index in [-0.39, 0.29) is 11.6 Å². The van der Waals surface area contributed by atoms with Gasteiger partial charge in [0, 0.05) is 12.1 Å². The molecule has 3 amide bonds. The van der Waals surface area contributed by atoms with Gasteiger partial charge in [-0.25, -0.2) is 14.2 Å². The Balaban J connectivity index is 2.02. The lowest BCUT2D eigenvalue weighted by atomic mass is 10.2. The number of aromatic amines is 1. The van der Waals surface area contributed by atoms with Crippen molar-refractivity contribution in [1.29, 1.82) is 0 Å². The SMILES string of the molecule is CCC(=O)Nc1ccc(F)c(NC(=O)N[C@H](C)c2n[nH]c(C)n2)c1. The molecule has 0 aliphatic rings. The zero-order valence-corrected chi connectivity index (χ0v) is 13.6. The highest BCUT2D eigenvalue weighted by Crippen LogP contribution is 2.20. The summed E-state index contributed by atoms with van der Waals surface area (Å²) < 4.78 is 13.8. The molecule has 4 N–H and O–H groups in total. The molecule has 0 fully saturated rings. The average Bonchev–Trinajstić information content (AvgIpc) is 2.97. The van der Waals surface area contributed by atoms with E-state index < -0.39 is 17.9 Å². The number of nitrogens with zero attached hydrogens (tertiary/aromatic N) is 2. The maximum Gasteiger partial charge on any atom is 0.319 e. The number of H-pyrrole nitrogens is 1. The number of halogens is 1. The number of carbonyl (C=O) groups is 2. The van der Waals surface area contributed by atoms with E-state index in [9.17, 15) is 14.0 Å². The molecule has 9 heteroatoms. The van der Waals surface area contributed by atoms with Crippen molar-refractivity contribution in [3.05, 3.63) is 35.7 Å². The van der Waals surface area contributed by atoms with Gasteiger partial charge < -0.3 is 16.0 Å². The largest absolute Gasteiger partial charge is 0.328 e. The second-order valence-electron chi connectivity index (χ2n) is 5.20. The number of hydrogen-bond donors (Lipinski definition) is 4. The van der Waals surface area contributed by atoms with Crippen molar-refractivity contribution >= 4 is 23.3 Å². The van der Waals surface area contributed by atoms with Gasteiger partial charge in [0.1, 0.15) is 11.6 Å². The lowest BCUT2D eigenvalue weighted by molar-refractivity contribution is -0.115. The van der Waals surface area contributed by atoms with Crippen LogP contribution in [0.15, 0.2) is 18.2 Å². The van der Waals surface area contributed by atoms with Gasteiger partial charge in [0.2, 0.25) is 5.91 Å². The first kappa shape index (κ1) is 17.4. The lowest BCUT2D eigenvalue weighted by Crippen LogP contribution is -2.32. The number of amides is 3. The number of nitrogens with one attached hydrogen (secondary N) is 4. The number of aryl methyl sites for hydroxylation is 1. The van der Waals surface area contributed by atoms with E-state index in [0.29, 0.717) is 23.8 Å². The monoisotopic (exact) mass is 334 g/mol. The first-order chi connectivity index (χ1) is 11.4. The van der Waals surface area contributed by atoms with Crippen LogP contribution in [0.3, 0.4) is 0 Å². The molecular formula is C15H19FN6O2. The van der Waals surface area contributed by atoms with E-state index in [4.69, 9.17) is 0 Å². The molecule has 0 bridgehead atoms. The summed E-state index contributed by atoms with van der Waals surface area (Å²) in [5, 5.41) is 14.2. The summed E-state index contributed by atoms with van der Waals surface area (Å²) in [5.74, 6) is 0.239. The minimum Gasteiger partial charge on any atom is -0.328 e. The number of hydrogen-bond acceptors (Lipinski definition) is 4. The molecule has 0 saturated carbocycles. The van der Waals surface area contributed by atoms with Gasteiger partial charge in [-0.2, -0.15) is 5.10 Å². The quantitative estimate of drug-likeness (QED) is 0.673. The second-order valence-corrected chi connectivity index (χ2v) is 5.20. The van der Waals surface area contributed by atoms with Crippen LogP contribution in [-0.2, 0) is 4.79 Å². The zero-order valence-electron chi connectivity index (χ0n) is 13.6. The van der Waals surface area contributed by atoms with E-state index in [1.165, 1.54) is 18.2 Å². The van der Waals surface area contributed by atoms with Crippen LogP contribution >= 0.6 is 0 Å². The van der Waals surface area contributed by atoms with Crippen LogP contribution in [0.25, 0.3) is 0 Å². The molecule has 2 rings (SSSR count). The van der Waals surface area contributed by atoms with Gasteiger partial charge in [0.05, 0.1) is 11.7 Å². The minimum absolute atomic E-state index is 0.0419. The molecule has 0 aliphatic carbocycles. The van der Waals surface area contributed by atoms with Crippen molar-refractivity contribution in [2.24, 2.45) is 0 Å². The molecule has 1 heterocycles. The summed E-state index contributed by atoms with van der Waals surface area (Å²) in [4.78, 5) is 27.5. The zero-order chi connectivity index (χ0) is 17.7. The normalized spacial score (nSPS) is 11.7. The molecule has 1 atom stereocenters. The first-order valence-electron chi connectivity index (χ1n) is 7.45. The van der Waals surface area contributed by atoms with Gasteiger partial charge in [-0.1, -0.05) is 6.92 Å². The van der Waals surface area contributed by atoms with E-state index >= 15 is 0 Å². The van der Waals surface area contributed by atoms with Gasteiger partial charge in [0.25, 0.3) is 0 Å². The number of benzene rings is 1. The molecule has 8 nitrogen and oxygen atoms in total. The van der Waals surface area contributed by atoms with Crippen molar-refractivity contribution in [3.8, 4) is 0 Å². The summed E-state index contributed by atoms with van der Waals surface area (Å²) in [6.07, 6.45) is 0.300. The highest BCUT2D eigenvalue weighted by atomic mass is 19.1. The molecule has 0 saturated heterocycles. The lowest BCUT2D eigenvalue weighted by Gasteiger charge is -2.13. The Morgan fingerprint density at radius 3 is 2.71 bits per heavy atom. The topological polar surface area (TPSA) is 112 Å². The van der Waals surface area contributed by atoms with E-state index in [0.717, 1.165) is 0 Å². The van der Waals surface area contributed by atoms with E-state index in [1.807, 2.05) is 0 Å². The van der Waals surface area contributed by atoms with E-state index in [1.54, 1.807) is 20.8 Å². The third kappa shape index (κ3) is 4.51. The Labute approximate surface area is 138 Å². The maximum absolute atomic E-state index is 13.8. The van der Waals surface area contributed by atoms with Crippen LogP contribution in [0.1, 0.15) is 38.0 Å². The summed E-state index contributed by atoms with van der Waals surface area (Å²) >= 11 is 0. The number of urea groups is 1. The van der Waals surface area contributed by atoms with Crippen molar-refractivity contribution in [2.45, 2.75) is 33.2 Å². The van der Waals surface area contributed by atoms with Gasteiger partial charge in [-0.15, -0.1) is 0 Å². The summed E-state index contributed by atoms with van der Waals surface area (Å²) in [6, 6.07) is 2.88. The van der Waals surface area contributed by atoms with Crippen LogP contribution < -0.4 is 16.0 Å². The van der Waals surface area contributed by atoms with Crippen LogP contribution in [0.2, 0.25) is 0 Å². The molecule has 24 heavy (non-hydrogen) atoms. The standard InChI is InChI=1S/C15H19FN6O2/c1-4-13(23)19-10-5-6-11(16)12(7-10)20-15(24)17-8(2)14-18-9(3)21-22-14/h5-8H,4H2,1-3H3,(H,19,23)(H2,17,20,24)(H,18,21,22)/t8-/m1/s1.